The molecule has 1 atom stereocenters. The van der Waals surface area contributed by atoms with Gasteiger partial charge in [0.25, 0.3) is 0 Å². The first-order valence-corrected chi connectivity index (χ1v) is 8.13. The Bertz CT molecular complexity index is 672. The maximum atomic E-state index is 12.8. The van der Waals surface area contributed by atoms with Crippen LogP contribution in [0.25, 0.3) is 0 Å². The normalized spacial score (nSPS) is 18.4. The Morgan fingerprint density at radius 3 is 2.74 bits per heavy atom. The average Bonchev–Trinajstić information content (AvgIpc) is 3.16. The van der Waals surface area contributed by atoms with Crippen LogP contribution in [0.1, 0.15) is 61.0 Å². The summed E-state index contributed by atoms with van der Waals surface area (Å²) in [7, 11) is 0. The SMILES string of the molecule is CCc1noc(C2CCCCN2C(=O)Cc2c(C)noc2C)n1. The quantitative estimate of drug-likeness (QED) is 0.861. The molecule has 0 spiro atoms. The molecule has 7 heteroatoms. The molecular weight excluding hydrogens is 296 g/mol. The lowest BCUT2D eigenvalue weighted by Gasteiger charge is -2.33. The second kappa shape index (κ2) is 6.52. The lowest BCUT2D eigenvalue weighted by Crippen LogP contribution is -2.39. The maximum absolute atomic E-state index is 12.8. The zero-order valence-corrected chi connectivity index (χ0v) is 13.8. The van der Waals surface area contributed by atoms with Crippen LogP contribution in [-0.2, 0) is 17.6 Å². The van der Waals surface area contributed by atoms with Crippen molar-refractivity contribution < 1.29 is 13.8 Å². The molecule has 1 saturated heterocycles. The number of rotatable bonds is 4. The number of amides is 1. The van der Waals surface area contributed by atoms with Gasteiger partial charge in [-0.3, -0.25) is 4.79 Å². The number of piperidine rings is 1. The van der Waals surface area contributed by atoms with E-state index in [1.54, 1.807) is 0 Å². The highest BCUT2D eigenvalue weighted by molar-refractivity contribution is 5.79. The van der Waals surface area contributed by atoms with Crippen LogP contribution in [0, 0.1) is 13.8 Å². The summed E-state index contributed by atoms with van der Waals surface area (Å²) >= 11 is 0. The number of aromatic nitrogens is 3. The third-order valence-electron chi connectivity index (χ3n) is 4.42. The summed E-state index contributed by atoms with van der Waals surface area (Å²) in [4.78, 5) is 19.1. The van der Waals surface area contributed by atoms with Crippen molar-refractivity contribution >= 4 is 5.91 Å². The topological polar surface area (TPSA) is 85.3 Å². The van der Waals surface area contributed by atoms with Gasteiger partial charge >= 0.3 is 0 Å². The van der Waals surface area contributed by atoms with E-state index < -0.39 is 0 Å². The van der Waals surface area contributed by atoms with Crippen molar-refractivity contribution in [3.63, 3.8) is 0 Å². The number of hydrogen-bond acceptors (Lipinski definition) is 6. The van der Waals surface area contributed by atoms with Crippen molar-refractivity contribution in [2.24, 2.45) is 0 Å². The summed E-state index contributed by atoms with van der Waals surface area (Å²) in [5.41, 5.74) is 1.65. The molecular formula is C16H22N4O3. The van der Waals surface area contributed by atoms with E-state index in [2.05, 4.69) is 15.3 Å². The van der Waals surface area contributed by atoms with E-state index in [1.165, 1.54) is 0 Å². The number of nitrogens with zero attached hydrogens (tertiary/aromatic N) is 4. The molecule has 1 fully saturated rings. The van der Waals surface area contributed by atoms with Gasteiger partial charge in [-0.2, -0.15) is 4.98 Å². The van der Waals surface area contributed by atoms with Crippen LogP contribution in [-0.4, -0.2) is 32.6 Å². The van der Waals surface area contributed by atoms with Gasteiger partial charge in [0.05, 0.1) is 12.1 Å². The summed E-state index contributed by atoms with van der Waals surface area (Å²) in [6.45, 7) is 6.40. The minimum absolute atomic E-state index is 0.0559. The van der Waals surface area contributed by atoms with Gasteiger partial charge in [-0.05, 0) is 33.1 Å². The molecule has 1 aliphatic rings. The molecule has 0 saturated carbocycles. The zero-order chi connectivity index (χ0) is 16.4. The van der Waals surface area contributed by atoms with Crippen LogP contribution in [0.5, 0.6) is 0 Å². The number of carbonyl (C=O) groups is 1. The Morgan fingerprint density at radius 1 is 1.26 bits per heavy atom. The minimum atomic E-state index is -0.121. The van der Waals surface area contributed by atoms with Gasteiger partial charge in [-0.1, -0.05) is 17.2 Å². The van der Waals surface area contributed by atoms with Gasteiger partial charge in [0.15, 0.2) is 5.82 Å². The number of carbonyl (C=O) groups excluding carboxylic acids is 1. The molecule has 124 valence electrons. The number of aryl methyl sites for hydroxylation is 3. The van der Waals surface area contributed by atoms with Gasteiger partial charge in [0, 0.05) is 18.5 Å². The van der Waals surface area contributed by atoms with E-state index in [4.69, 9.17) is 9.05 Å². The van der Waals surface area contributed by atoms with Crippen molar-refractivity contribution in [3.05, 3.63) is 28.7 Å². The Kier molecular flexibility index (Phi) is 4.45. The predicted octanol–water partition coefficient (Wildman–Crippen LogP) is 2.53. The van der Waals surface area contributed by atoms with E-state index >= 15 is 0 Å². The van der Waals surface area contributed by atoms with Crippen molar-refractivity contribution in [1.29, 1.82) is 0 Å². The lowest BCUT2D eigenvalue weighted by atomic mass is 10.0. The van der Waals surface area contributed by atoms with Crippen LogP contribution in [0.2, 0.25) is 0 Å². The molecule has 2 aromatic rings. The fraction of sp³-hybridized carbons (Fsp3) is 0.625. The molecule has 1 unspecified atom stereocenters. The van der Waals surface area contributed by atoms with Crippen LogP contribution in [0.4, 0.5) is 0 Å². The predicted molar refractivity (Wildman–Crippen MR) is 81.7 cm³/mol. The Morgan fingerprint density at radius 2 is 2.09 bits per heavy atom. The third kappa shape index (κ3) is 3.13. The smallest absolute Gasteiger partial charge is 0.249 e. The molecule has 0 radical (unpaired) electrons. The first-order chi connectivity index (χ1) is 11.1. The van der Waals surface area contributed by atoms with Crippen molar-refractivity contribution in [2.75, 3.05) is 6.54 Å². The minimum Gasteiger partial charge on any atom is -0.361 e. The van der Waals surface area contributed by atoms with Gasteiger partial charge < -0.3 is 13.9 Å². The molecule has 7 nitrogen and oxygen atoms in total. The fourth-order valence-corrected chi connectivity index (χ4v) is 3.04. The highest BCUT2D eigenvalue weighted by Gasteiger charge is 2.32. The van der Waals surface area contributed by atoms with Crippen LogP contribution < -0.4 is 0 Å². The van der Waals surface area contributed by atoms with Crippen molar-refractivity contribution in [2.45, 2.75) is 58.9 Å². The Labute approximate surface area is 135 Å². The molecule has 0 aromatic carbocycles. The van der Waals surface area contributed by atoms with Crippen LogP contribution in [0.3, 0.4) is 0 Å². The fourth-order valence-electron chi connectivity index (χ4n) is 3.04. The number of hydrogen-bond donors (Lipinski definition) is 0. The summed E-state index contributed by atoms with van der Waals surface area (Å²) < 4.78 is 10.5. The second-order valence-corrected chi connectivity index (χ2v) is 5.98. The van der Waals surface area contributed by atoms with Crippen molar-refractivity contribution in [3.8, 4) is 0 Å². The molecule has 1 aliphatic heterocycles. The Hall–Kier alpha value is -2.18. The van der Waals surface area contributed by atoms with Crippen LogP contribution in [0.15, 0.2) is 9.05 Å². The first-order valence-electron chi connectivity index (χ1n) is 8.13. The standard InChI is InChI=1S/C16H22N4O3/c1-4-14-17-16(23-19-14)13-7-5-6-8-20(13)15(21)9-12-10(2)18-22-11(12)3/h13H,4-9H2,1-3H3. The summed E-state index contributed by atoms with van der Waals surface area (Å²) in [6, 6.07) is -0.121. The zero-order valence-electron chi connectivity index (χ0n) is 13.8. The molecule has 1 amide bonds. The average molecular weight is 318 g/mol. The Balaban J connectivity index is 1.79. The van der Waals surface area contributed by atoms with E-state index in [1.807, 2.05) is 25.7 Å². The molecule has 3 heterocycles. The highest BCUT2D eigenvalue weighted by atomic mass is 16.5. The van der Waals surface area contributed by atoms with E-state index in [0.717, 1.165) is 43.5 Å². The van der Waals surface area contributed by atoms with Gasteiger partial charge in [-0.15, -0.1) is 0 Å². The van der Waals surface area contributed by atoms with E-state index in [9.17, 15) is 4.79 Å². The molecule has 0 aliphatic carbocycles. The summed E-state index contributed by atoms with van der Waals surface area (Å²) in [6.07, 6.45) is 3.94. The summed E-state index contributed by atoms with van der Waals surface area (Å²) in [5.74, 6) is 1.99. The second-order valence-electron chi connectivity index (χ2n) is 5.98. The molecule has 0 bridgehead atoms. The monoisotopic (exact) mass is 318 g/mol. The molecule has 0 N–H and O–H groups in total. The third-order valence-corrected chi connectivity index (χ3v) is 4.42. The first kappa shape index (κ1) is 15.7. The lowest BCUT2D eigenvalue weighted by molar-refractivity contribution is -0.135. The summed E-state index contributed by atoms with van der Waals surface area (Å²) in [5, 5.41) is 7.88. The van der Waals surface area contributed by atoms with Crippen LogP contribution >= 0.6 is 0 Å². The van der Waals surface area contributed by atoms with E-state index in [0.29, 0.717) is 23.9 Å². The highest BCUT2D eigenvalue weighted by Crippen LogP contribution is 2.31. The van der Waals surface area contributed by atoms with E-state index in [-0.39, 0.29) is 11.9 Å². The number of likely N-dealkylation sites (tertiary alicyclic amines) is 1. The van der Waals surface area contributed by atoms with Crippen molar-refractivity contribution in [1.82, 2.24) is 20.2 Å². The molecule has 23 heavy (non-hydrogen) atoms. The molecule has 2 aromatic heterocycles. The molecule has 3 rings (SSSR count). The maximum Gasteiger partial charge on any atom is 0.249 e. The van der Waals surface area contributed by atoms with Gasteiger partial charge in [0.1, 0.15) is 11.8 Å². The largest absolute Gasteiger partial charge is 0.361 e. The van der Waals surface area contributed by atoms with Gasteiger partial charge in [0.2, 0.25) is 11.8 Å². The van der Waals surface area contributed by atoms with Gasteiger partial charge in [-0.25, -0.2) is 0 Å².